The second kappa shape index (κ2) is 4.39. The van der Waals surface area contributed by atoms with Crippen molar-refractivity contribution in [2.24, 2.45) is 12.2 Å². The number of hydrogen-bond acceptors (Lipinski definition) is 4. The Morgan fingerprint density at radius 1 is 1.15 bits per heavy atom. The van der Waals surface area contributed by atoms with Gasteiger partial charge in [0.15, 0.2) is 5.65 Å². The summed E-state index contributed by atoms with van der Waals surface area (Å²) in [5, 5.41) is 5.08. The maximum atomic E-state index is 11.2. The predicted octanol–water partition coefficient (Wildman–Crippen LogP) is 1.28. The average Bonchev–Trinajstić information content (AvgIpc) is 2.76. The molecule has 0 spiro atoms. The molecule has 0 aliphatic carbocycles. The number of nitrogens with two attached hydrogens (primary N) is 1. The van der Waals surface area contributed by atoms with Gasteiger partial charge in [0.25, 0.3) is 0 Å². The van der Waals surface area contributed by atoms with Crippen molar-refractivity contribution in [2.45, 2.75) is 4.90 Å². The van der Waals surface area contributed by atoms with Crippen LogP contribution in [0.1, 0.15) is 0 Å². The maximum absolute atomic E-state index is 11.2. The zero-order valence-electron chi connectivity index (χ0n) is 10.7. The van der Waals surface area contributed by atoms with Crippen LogP contribution < -0.4 is 5.14 Å². The summed E-state index contributed by atoms with van der Waals surface area (Å²) in [6, 6.07) is 10.0. The molecule has 2 N–H and O–H groups in total. The minimum atomic E-state index is -3.68. The molecule has 0 fully saturated rings. The summed E-state index contributed by atoms with van der Waals surface area (Å²) >= 11 is 0. The minimum Gasteiger partial charge on any atom is -0.312 e. The number of hydrogen-bond donors (Lipinski definition) is 1. The van der Waals surface area contributed by atoms with Crippen molar-refractivity contribution in [3.05, 3.63) is 42.6 Å². The lowest BCUT2D eigenvalue weighted by Crippen LogP contribution is -2.11. The van der Waals surface area contributed by atoms with Gasteiger partial charge in [0.05, 0.1) is 4.90 Å². The Morgan fingerprint density at radius 2 is 1.85 bits per heavy atom. The number of aryl methyl sites for hydroxylation is 1. The molecule has 0 amide bonds. The molecule has 0 aliphatic heterocycles. The highest BCUT2D eigenvalue weighted by Crippen LogP contribution is 2.23. The molecule has 0 aliphatic rings. The SMILES string of the molecule is Cn1c(-c2ccc(S(N)(=O)=O)cc2)nc2cccnc21. The van der Waals surface area contributed by atoms with Crippen LogP contribution in [0.4, 0.5) is 0 Å². The molecule has 3 aromatic rings. The van der Waals surface area contributed by atoms with E-state index in [1.807, 2.05) is 23.7 Å². The molecule has 7 heteroatoms. The Hall–Kier alpha value is -2.25. The van der Waals surface area contributed by atoms with Crippen LogP contribution in [0.25, 0.3) is 22.6 Å². The summed E-state index contributed by atoms with van der Waals surface area (Å²) in [4.78, 5) is 8.84. The predicted molar refractivity (Wildman–Crippen MR) is 75.3 cm³/mol. The Labute approximate surface area is 115 Å². The molecule has 0 unspecified atom stereocenters. The van der Waals surface area contributed by atoms with Crippen molar-refractivity contribution in [2.75, 3.05) is 0 Å². The first-order chi connectivity index (χ1) is 9.47. The molecule has 2 heterocycles. The Balaban J connectivity index is 2.14. The summed E-state index contributed by atoms with van der Waals surface area (Å²) in [5.41, 5.74) is 2.37. The highest BCUT2D eigenvalue weighted by Gasteiger charge is 2.12. The van der Waals surface area contributed by atoms with Crippen LogP contribution in [-0.4, -0.2) is 23.0 Å². The van der Waals surface area contributed by atoms with Crippen molar-refractivity contribution in [3.8, 4) is 11.4 Å². The fraction of sp³-hybridized carbons (Fsp3) is 0.0769. The van der Waals surface area contributed by atoms with E-state index in [2.05, 4.69) is 9.97 Å². The lowest BCUT2D eigenvalue weighted by Gasteiger charge is -2.03. The van der Waals surface area contributed by atoms with Crippen LogP contribution in [0.5, 0.6) is 0 Å². The van der Waals surface area contributed by atoms with E-state index in [0.29, 0.717) is 0 Å². The number of fused-ring (bicyclic) bond motifs is 1. The Kier molecular flexibility index (Phi) is 2.81. The second-order valence-electron chi connectivity index (χ2n) is 4.41. The third kappa shape index (κ3) is 2.06. The van der Waals surface area contributed by atoms with Crippen LogP contribution in [-0.2, 0) is 17.1 Å². The van der Waals surface area contributed by atoms with E-state index >= 15 is 0 Å². The number of rotatable bonds is 2. The van der Waals surface area contributed by atoms with Gasteiger partial charge in [-0.15, -0.1) is 0 Å². The van der Waals surface area contributed by atoms with E-state index < -0.39 is 10.0 Å². The second-order valence-corrected chi connectivity index (χ2v) is 5.97. The van der Waals surface area contributed by atoms with E-state index in [4.69, 9.17) is 5.14 Å². The quantitative estimate of drug-likeness (QED) is 0.769. The van der Waals surface area contributed by atoms with Crippen LogP contribution in [0.3, 0.4) is 0 Å². The Morgan fingerprint density at radius 3 is 2.45 bits per heavy atom. The van der Waals surface area contributed by atoms with Crippen LogP contribution in [0.2, 0.25) is 0 Å². The lowest BCUT2D eigenvalue weighted by molar-refractivity contribution is 0.598. The Bertz CT molecular complexity index is 882. The van der Waals surface area contributed by atoms with Crippen LogP contribution in [0.15, 0.2) is 47.5 Å². The smallest absolute Gasteiger partial charge is 0.238 e. The highest BCUT2D eigenvalue weighted by molar-refractivity contribution is 7.89. The average molecular weight is 288 g/mol. The number of nitrogens with zero attached hydrogens (tertiary/aromatic N) is 3. The maximum Gasteiger partial charge on any atom is 0.238 e. The van der Waals surface area contributed by atoms with Crippen molar-refractivity contribution in [1.82, 2.24) is 14.5 Å². The number of sulfonamides is 1. The first kappa shape index (κ1) is 12.8. The number of aromatic nitrogens is 3. The normalized spacial score (nSPS) is 11.9. The first-order valence-electron chi connectivity index (χ1n) is 5.87. The van der Waals surface area contributed by atoms with E-state index in [1.165, 1.54) is 12.1 Å². The molecule has 102 valence electrons. The topological polar surface area (TPSA) is 90.9 Å². The molecular weight excluding hydrogens is 276 g/mol. The third-order valence-corrected chi connectivity index (χ3v) is 4.00. The largest absolute Gasteiger partial charge is 0.312 e. The van der Waals surface area contributed by atoms with Gasteiger partial charge in [0.2, 0.25) is 10.0 Å². The van der Waals surface area contributed by atoms with E-state index in [1.54, 1.807) is 18.3 Å². The molecule has 0 radical (unpaired) electrons. The summed E-state index contributed by atoms with van der Waals surface area (Å²) in [6.07, 6.45) is 1.71. The molecule has 0 atom stereocenters. The van der Waals surface area contributed by atoms with Gasteiger partial charge in [-0.25, -0.2) is 23.5 Å². The number of primary sulfonamides is 1. The molecular formula is C13H12N4O2S. The van der Waals surface area contributed by atoms with Gasteiger partial charge in [0.1, 0.15) is 11.3 Å². The minimum absolute atomic E-state index is 0.0816. The molecule has 3 rings (SSSR count). The van der Waals surface area contributed by atoms with Gasteiger partial charge >= 0.3 is 0 Å². The van der Waals surface area contributed by atoms with Gasteiger partial charge in [-0.05, 0) is 36.4 Å². The van der Waals surface area contributed by atoms with Crippen molar-refractivity contribution in [3.63, 3.8) is 0 Å². The summed E-state index contributed by atoms with van der Waals surface area (Å²) in [6.45, 7) is 0. The zero-order valence-corrected chi connectivity index (χ0v) is 11.5. The van der Waals surface area contributed by atoms with Crippen molar-refractivity contribution in [1.29, 1.82) is 0 Å². The fourth-order valence-corrected chi connectivity index (χ4v) is 2.59. The molecule has 0 saturated heterocycles. The summed E-state index contributed by atoms with van der Waals surface area (Å²) < 4.78 is 24.3. The van der Waals surface area contributed by atoms with E-state index in [0.717, 1.165) is 22.6 Å². The molecule has 0 bridgehead atoms. The first-order valence-corrected chi connectivity index (χ1v) is 7.42. The van der Waals surface area contributed by atoms with Gasteiger partial charge in [-0.1, -0.05) is 0 Å². The highest BCUT2D eigenvalue weighted by atomic mass is 32.2. The van der Waals surface area contributed by atoms with Crippen molar-refractivity contribution >= 4 is 21.2 Å². The zero-order chi connectivity index (χ0) is 14.3. The fourth-order valence-electron chi connectivity index (χ4n) is 2.08. The molecule has 2 aromatic heterocycles. The molecule has 0 saturated carbocycles. The lowest BCUT2D eigenvalue weighted by atomic mass is 10.2. The van der Waals surface area contributed by atoms with E-state index in [-0.39, 0.29) is 4.90 Å². The standard InChI is InChI=1S/C13H12N4O2S/c1-17-12(16-11-3-2-8-15-13(11)17)9-4-6-10(7-5-9)20(14,18)19/h2-8H,1H3,(H2,14,18,19). The van der Waals surface area contributed by atoms with Crippen molar-refractivity contribution < 1.29 is 8.42 Å². The molecule has 1 aromatic carbocycles. The van der Waals surface area contributed by atoms with Crippen LogP contribution >= 0.6 is 0 Å². The molecule has 6 nitrogen and oxygen atoms in total. The van der Waals surface area contributed by atoms with Crippen LogP contribution in [0, 0.1) is 0 Å². The van der Waals surface area contributed by atoms with E-state index in [9.17, 15) is 8.42 Å². The van der Waals surface area contributed by atoms with Gasteiger partial charge in [-0.2, -0.15) is 0 Å². The summed E-state index contributed by atoms with van der Waals surface area (Å²) in [5.74, 6) is 0.722. The third-order valence-electron chi connectivity index (χ3n) is 3.07. The number of pyridine rings is 1. The number of imidazole rings is 1. The summed E-state index contributed by atoms with van der Waals surface area (Å²) in [7, 11) is -1.81. The monoisotopic (exact) mass is 288 g/mol. The van der Waals surface area contributed by atoms with Gasteiger partial charge < -0.3 is 4.57 Å². The van der Waals surface area contributed by atoms with Gasteiger partial charge in [0, 0.05) is 18.8 Å². The van der Waals surface area contributed by atoms with Gasteiger partial charge in [-0.3, -0.25) is 0 Å². The number of benzene rings is 1. The molecule has 20 heavy (non-hydrogen) atoms.